The lowest BCUT2D eigenvalue weighted by Gasteiger charge is -2.26. The zero-order valence-electron chi connectivity index (χ0n) is 9.01. The van der Waals surface area contributed by atoms with Gasteiger partial charge in [-0.2, -0.15) is 0 Å². The second-order valence-corrected chi connectivity index (χ2v) is 4.51. The van der Waals surface area contributed by atoms with Gasteiger partial charge in [-0.15, -0.1) is 11.6 Å². The molecular formula is C11H21ClO2. The van der Waals surface area contributed by atoms with E-state index in [1.165, 1.54) is 25.7 Å². The van der Waals surface area contributed by atoms with Gasteiger partial charge in [0, 0.05) is 19.1 Å². The van der Waals surface area contributed by atoms with Gasteiger partial charge in [-0.25, -0.2) is 0 Å². The molecule has 1 saturated carbocycles. The Morgan fingerprint density at radius 1 is 1.14 bits per heavy atom. The smallest absolute Gasteiger partial charge is 0.0700 e. The first-order valence-corrected chi connectivity index (χ1v) is 5.99. The Morgan fingerprint density at radius 3 is 2.64 bits per heavy atom. The fourth-order valence-electron chi connectivity index (χ4n) is 1.97. The van der Waals surface area contributed by atoms with Gasteiger partial charge in [0.25, 0.3) is 0 Å². The van der Waals surface area contributed by atoms with Crippen molar-refractivity contribution < 1.29 is 9.47 Å². The van der Waals surface area contributed by atoms with Crippen LogP contribution in [0, 0.1) is 5.92 Å². The van der Waals surface area contributed by atoms with Crippen molar-refractivity contribution >= 4 is 11.6 Å². The maximum Gasteiger partial charge on any atom is 0.0700 e. The number of alkyl halides is 1. The van der Waals surface area contributed by atoms with Gasteiger partial charge in [-0.3, -0.25) is 0 Å². The molecule has 0 spiro atoms. The number of hydrogen-bond acceptors (Lipinski definition) is 2. The molecule has 0 aromatic heterocycles. The third kappa shape index (κ3) is 4.63. The van der Waals surface area contributed by atoms with Crippen molar-refractivity contribution in [2.45, 2.75) is 37.5 Å². The summed E-state index contributed by atoms with van der Waals surface area (Å²) in [6, 6.07) is 0. The van der Waals surface area contributed by atoms with Crippen LogP contribution in [0.4, 0.5) is 0 Å². The molecule has 1 rings (SSSR count). The average molecular weight is 221 g/mol. The van der Waals surface area contributed by atoms with Crippen LogP contribution in [-0.4, -0.2) is 32.3 Å². The maximum absolute atomic E-state index is 6.24. The summed E-state index contributed by atoms with van der Waals surface area (Å²) in [4.78, 5) is 0. The van der Waals surface area contributed by atoms with E-state index < -0.39 is 0 Å². The van der Waals surface area contributed by atoms with Gasteiger partial charge in [-0.1, -0.05) is 12.8 Å². The standard InChI is InChI=1S/C11H21ClO2/c1-13-8-9-14-7-6-10-4-2-3-5-11(10)12/h10-11H,2-9H2,1H3. The van der Waals surface area contributed by atoms with Gasteiger partial charge in [0.15, 0.2) is 0 Å². The van der Waals surface area contributed by atoms with E-state index in [0.717, 1.165) is 13.0 Å². The van der Waals surface area contributed by atoms with Crippen LogP contribution < -0.4 is 0 Å². The summed E-state index contributed by atoms with van der Waals surface area (Å²) in [6.07, 6.45) is 6.21. The van der Waals surface area contributed by atoms with E-state index in [1.54, 1.807) is 7.11 Å². The Kier molecular flexibility index (Phi) is 6.57. The van der Waals surface area contributed by atoms with E-state index >= 15 is 0 Å². The number of rotatable bonds is 6. The van der Waals surface area contributed by atoms with Crippen molar-refractivity contribution in [1.29, 1.82) is 0 Å². The minimum absolute atomic E-state index is 0.384. The van der Waals surface area contributed by atoms with Gasteiger partial charge < -0.3 is 9.47 Å². The summed E-state index contributed by atoms with van der Waals surface area (Å²) < 4.78 is 10.3. The largest absolute Gasteiger partial charge is 0.382 e. The van der Waals surface area contributed by atoms with Crippen LogP contribution in [0.15, 0.2) is 0 Å². The molecule has 0 radical (unpaired) electrons. The first-order valence-electron chi connectivity index (χ1n) is 5.55. The molecule has 1 aliphatic carbocycles. The molecule has 0 saturated heterocycles. The second-order valence-electron chi connectivity index (χ2n) is 3.95. The highest BCUT2D eigenvalue weighted by Gasteiger charge is 2.22. The van der Waals surface area contributed by atoms with Crippen molar-refractivity contribution in [3.05, 3.63) is 0 Å². The van der Waals surface area contributed by atoms with Crippen molar-refractivity contribution in [3.63, 3.8) is 0 Å². The Hall–Kier alpha value is 0.210. The van der Waals surface area contributed by atoms with Crippen molar-refractivity contribution in [3.8, 4) is 0 Å². The summed E-state index contributed by atoms with van der Waals surface area (Å²) in [7, 11) is 1.69. The summed E-state index contributed by atoms with van der Waals surface area (Å²) in [5.74, 6) is 0.674. The van der Waals surface area contributed by atoms with E-state index in [9.17, 15) is 0 Å². The summed E-state index contributed by atoms with van der Waals surface area (Å²) in [5.41, 5.74) is 0. The fourth-order valence-corrected chi connectivity index (χ4v) is 2.37. The minimum atomic E-state index is 0.384. The molecule has 84 valence electrons. The summed E-state index contributed by atoms with van der Waals surface area (Å²) in [5, 5.41) is 0.384. The quantitative estimate of drug-likeness (QED) is 0.506. The molecule has 0 bridgehead atoms. The van der Waals surface area contributed by atoms with Crippen LogP contribution in [0.25, 0.3) is 0 Å². The van der Waals surface area contributed by atoms with E-state index in [-0.39, 0.29) is 0 Å². The molecular weight excluding hydrogens is 200 g/mol. The topological polar surface area (TPSA) is 18.5 Å². The highest BCUT2D eigenvalue weighted by atomic mass is 35.5. The normalized spacial score (nSPS) is 27.9. The first-order chi connectivity index (χ1) is 6.84. The lowest BCUT2D eigenvalue weighted by Crippen LogP contribution is -2.21. The van der Waals surface area contributed by atoms with Crippen molar-refractivity contribution in [1.82, 2.24) is 0 Å². The molecule has 0 aromatic carbocycles. The fraction of sp³-hybridized carbons (Fsp3) is 1.00. The number of methoxy groups -OCH3 is 1. The molecule has 1 fully saturated rings. The average Bonchev–Trinajstić information content (AvgIpc) is 2.20. The van der Waals surface area contributed by atoms with Crippen LogP contribution in [0.2, 0.25) is 0 Å². The highest BCUT2D eigenvalue weighted by Crippen LogP contribution is 2.30. The molecule has 0 heterocycles. The van der Waals surface area contributed by atoms with E-state index in [1.807, 2.05) is 0 Å². The summed E-state index contributed by atoms with van der Waals surface area (Å²) >= 11 is 6.24. The van der Waals surface area contributed by atoms with Crippen LogP contribution in [-0.2, 0) is 9.47 Å². The third-order valence-electron chi connectivity index (χ3n) is 2.88. The van der Waals surface area contributed by atoms with Crippen LogP contribution in [0.3, 0.4) is 0 Å². The first kappa shape index (κ1) is 12.3. The number of halogens is 1. The molecule has 0 aliphatic heterocycles. The Bertz CT molecular complexity index is 141. The van der Waals surface area contributed by atoms with Gasteiger partial charge in [0.05, 0.1) is 13.2 Å². The summed E-state index contributed by atoms with van der Waals surface area (Å²) in [6.45, 7) is 2.22. The zero-order valence-corrected chi connectivity index (χ0v) is 9.76. The zero-order chi connectivity index (χ0) is 10.2. The molecule has 3 heteroatoms. The monoisotopic (exact) mass is 220 g/mol. The van der Waals surface area contributed by atoms with Crippen molar-refractivity contribution in [2.24, 2.45) is 5.92 Å². The molecule has 0 aromatic rings. The molecule has 0 amide bonds. The second kappa shape index (κ2) is 7.49. The molecule has 2 atom stereocenters. The molecule has 2 nitrogen and oxygen atoms in total. The van der Waals surface area contributed by atoms with Crippen LogP contribution >= 0.6 is 11.6 Å². The molecule has 1 aliphatic rings. The van der Waals surface area contributed by atoms with Gasteiger partial charge in [-0.05, 0) is 25.2 Å². The molecule has 0 N–H and O–H groups in total. The predicted molar refractivity (Wildman–Crippen MR) is 58.9 cm³/mol. The Balaban J connectivity index is 1.99. The van der Waals surface area contributed by atoms with Gasteiger partial charge >= 0.3 is 0 Å². The third-order valence-corrected chi connectivity index (χ3v) is 3.46. The number of hydrogen-bond donors (Lipinski definition) is 0. The van der Waals surface area contributed by atoms with E-state index in [4.69, 9.17) is 21.1 Å². The molecule has 14 heavy (non-hydrogen) atoms. The van der Waals surface area contributed by atoms with Crippen molar-refractivity contribution in [2.75, 3.05) is 26.9 Å². The van der Waals surface area contributed by atoms with E-state index in [2.05, 4.69) is 0 Å². The Morgan fingerprint density at radius 2 is 1.93 bits per heavy atom. The van der Waals surface area contributed by atoms with Gasteiger partial charge in [0.1, 0.15) is 0 Å². The molecule has 2 unspecified atom stereocenters. The highest BCUT2D eigenvalue weighted by molar-refractivity contribution is 6.20. The van der Waals surface area contributed by atoms with E-state index in [0.29, 0.717) is 24.5 Å². The Labute approximate surface area is 91.9 Å². The lowest BCUT2D eigenvalue weighted by molar-refractivity contribution is 0.0615. The predicted octanol–water partition coefficient (Wildman–Crippen LogP) is 2.84. The lowest BCUT2D eigenvalue weighted by atomic mass is 9.87. The van der Waals surface area contributed by atoms with Crippen LogP contribution in [0.5, 0.6) is 0 Å². The maximum atomic E-state index is 6.24. The van der Waals surface area contributed by atoms with Crippen LogP contribution in [0.1, 0.15) is 32.1 Å². The minimum Gasteiger partial charge on any atom is -0.382 e. The van der Waals surface area contributed by atoms with Gasteiger partial charge in [0.2, 0.25) is 0 Å². The SMILES string of the molecule is COCCOCCC1CCCCC1Cl. The number of ether oxygens (including phenoxy) is 2.